The number of nitrogens with zero attached hydrogens (tertiary/aromatic N) is 3. The van der Waals surface area contributed by atoms with Crippen LogP contribution < -0.4 is 11.1 Å². The number of aromatic nitrogens is 3. The maximum absolute atomic E-state index is 11.7. The van der Waals surface area contributed by atoms with Gasteiger partial charge in [0.1, 0.15) is 6.54 Å². The lowest BCUT2D eigenvalue weighted by Crippen LogP contribution is -2.38. The van der Waals surface area contributed by atoms with Gasteiger partial charge in [0.05, 0.1) is 12.3 Å². The summed E-state index contributed by atoms with van der Waals surface area (Å²) in [5.74, 6) is -1.54. The van der Waals surface area contributed by atoms with Gasteiger partial charge in [-0.3, -0.25) is 4.79 Å². The molecule has 1 unspecified atom stereocenters. The minimum absolute atomic E-state index is 0.0600. The zero-order valence-electron chi connectivity index (χ0n) is 10.8. The molecule has 19 heavy (non-hydrogen) atoms. The lowest BCUT2D eigenvalue weighted by molar-refractivity contribution is -0.122. The van der Waals surface area contributed by atoms with Gasteiger partial charge >= 0.3 is 5.97 Å². The number of hydrogen-bond donors (Lipinski definition) is 3. The molecular formula is C10H17N5O4. The van der Waals surface area contributed by atoms with Gasteiger partial charge in [-0.25, -0.2) is 9.48 Å². The molecule has 1 aromatic heterocycles. The first-order valence-electron chi connectivity index (χ1n) is 5.63. The van der Waals surface area contributed by atoms with Gasteiger partial charge in [-0.05, 0) is 6.92 Å². The third kappa shape index (κ3) is 4.00. The van der Waals surface area contributed by atoms with Crippen molar-refractivity contribution in [3.8, 4) is 0 Å². The van der Waals surface area contributed by atoms with Crippen molar-refractivity contribution in [2.24, 2.45) is 5.73 Å². The quantitative estimate of drug-likeness (QED) is 0.554. The maximum atomic E-state index is 11.7. The molecule has 0 fully saturated rings. The Morgan fingerprint density at radius 3 is 2.79 bits per heavy atom. The topological polar surface area (TPSA) is 132 Å². The van der Waals surface area contributed by atoms with E-state index in [4.69, 9.17) is 15.6 Å². The maximum Gasteiger partial charge on any atom is 0.358 e. The fraction of sp³-hybridized carbons (Fsp3) is 0.600. The molecule has 0 radical (unpaired) electrons. The SMILES string of the molecule is COCC(C)NC(=O)Cn1nnc(C(=O)O)c1CN. The first-order valence-corrected chi connectivity index (χ1v) is 5.63. The Kier molecular flexibility index (Phi) is 5.39. The number of hydrogen-bond acceptors (Lipinski definition) is 6. The Morgan fingerprint density at radius 1 is 1.58 bits per heavy atom. The normalized spacial score (nSPS) is 12.2. The second-order valence-corrected chi connectivity index (χ2v) is 3.98. The zero-order valence-corrected chi connectivity index (χ0v) is 10.8. The minimum Gasteiger partial charge on any atom is -0.476 e. The largest absolute Gasteiger partial charge is 0.476 e. The Balaban J connectivity index is 2.72. The Hall–Kier alpha value is -2.00. The first kappa shape index (κ1) is 15.1. The Bertz CT molecular complexity index is 459. The van der Waals surface area contributed by atoms with Crippen LogP contribution in [0.15, 0.2) is 0 Å². The highest BCUT2D eigenvalue weighted by Crippen LogP contribution is 2.04. The van der Waals surface area contributed by atoms with Gasteiger partial charge in [0.25, 0.3) is 0 Å². The Labute approximate surface area is 109 Å². The smallest absolute Gasteiger partial charge is 0.358 e. The van der Waals surface area contributed by atoms with E-state index in [0.717, 1.165) is 0 Å². The van der Waals surface area contributed by atoms with Crippen LogP contribution in [0.1, 0.15) is 23.1 Å². The van der Waals surface area contributed by atoms with Crippen molar-refractivity contribution in [2.45, 2.75) is 26.1 Å². The number of carbonyl (C=O) groups excluding carboxylic acids is 1. The standard InChI is InChI=1S/C10H17N5O4/c1-6(5-19-2)12-8(16)4-15-7(3-11)9(10(17)18)13-14-15/h6H,3-5,11H2,1-2H3,(H,12,16)(H,17,18). The Morgan fingerprint density at radius 2 is 2.26 bits per heavy atom. The highest BCUT2D eigenvalue weighted by atomic mass is 16.5. The molecule has 1 rings (SSSR count). The highest BCUT2D eigenvalue weighted by molar-refractivity contribution is 5.86. The summed E-state index contributed by atoms with van der Waals surface area (Å²) >= 11 is 0. The third-order valence-corrected chi connectivity index (χ3v) is 2.35. The summed E-state index contributed by atoms with van der Waals surface area (Å²) in [6.45, 7) is 1.97. The molecule has 0 aliphatic carbocycles. The van der Waals surface area contributed by atoms with Gasteiger partial charge in [-0.15, -0.1) is 5.10 Å². The number of rotatable bonds is 7. The van der Waals surface area contributed by atoms with E-state index < -0.39 is 5.97 Å². The van der Waals surface area contributed by atoms with Crippen LogP contribution in [0.3, 0.4) is 0 Å². The first-order chi connectivity index (χ1) is 8.99. The highest BCUT2D eigenvalue weighted by Gasteiger charge is 2.19. The molecule has 0 spiro atoms. The van der Waals surface area contributed by atoms with Gasteiger partial charge in [0, 0.05) is 19.7 Å². The molecule has 0 saturated carbocycles. The van der Waals surface area contributed by atoms with Crippen molar-refractivity contribution in [1.29, 1.82) is 0 Å². The molecule has 0 aliphatic heterocycles. The second-order valence-electron chi connectivity index (χ2n) is 3.98. The van der Waals surface area contributed by atoms with E-state index in [1.165, 1.54) is 11.8 Å². The number of aromatic carboxylic acids is 1. The van der Waals surface area contributed by atoms with Gasteiger partial charge in [-0.1, -0.05) is 5.21 Å². The molecule has 1 aromatic rings. The van der Waals surface area contributed by atoms with E-state index in [0.29, 0.717) is 6.61 Å². The molecule has 1 heterocycles. The minimum atomic E-state index is -1.22. The van der Waals surface area contributed by atoms with Crippen LogP contribution in [0, 0.1) is 0 Å². The summed E-state index contributed by atoms with van der Waals surface area (Å²) in [7, 11) is 1.53. The number of amides is 1. The number of nitrogens with one attached hydrogen (secondary N) is 1. The third-order valence-electron chi connectivity index (χ3n) is 2.35. The summed E-state index contributed by atoms with van der Waals surface area (Å²) in [4.78, 5) is 22.6. The fourth-order valence-electron chi connectivity index (χ4n) is 1.58. The van der Waals surface area contributed by atoms with E-state index in [2.05, 4.69) is 15.6 Å². The van der Waals surface area contributed by atoms with Crippen LogP contribution in [0.25, 0.3) is 0 Å². The average Bonchev–Trinajstić information content (AvgIpc) is 2.71. The van der Waals surface area contributed by atoms with Crippen LogP contribution in [-0.4, -0.2) is 51.7 Å². The van der Waals surface area contributed by atoms with E-state index in [9.17, 15) is 9.59 Å². The molecule has 0 saturated heterocycles. The predicted octanol–water partition coefficient (Wildman–Crippen LogP) is -1.41. The van der Waals surface area contributed by atoms with E-state index in [1.807, 2.05) is 0 Å². The molecule has 1 amide bonds. The van der Waals surface area contributed by atoms with Crippen molar-refractivity contribution in [3.05, 3.63) is 11.4 Å². The van der Waals surface area contributed by atoms with Crippen molar-refractivity contribution >= 4 is 11.9 Å². The summed E-state index contributed by atoms with van der Waals surface area (Å²) in [6.07, 6.45) is 0. The van der Waals surface area contributed by atoms with Crippen LogP contribution in [-0.2, 0) is 22.6 Å². The molecule has 1 atom stereocenters. The number of ether oxygens (including phenoxy) is 1. The van der Waals surface area contributed by atoms with Crippen LogP contribution in [0.4, 0.5) is 0 Å². The lowest BCUT2D eigenvalue weighted by Gasteiger charge is -2.13. The number of carboxylic acid groups (broad SMARTS) is 1. The molecular weight excluding hydrogens is 254 g/mol. The van der Waals surface area contributed by atoms with E-state index in [-0.39, 0.29) is 36.4 Å². The summed E-state index contributed by atoms with van der Waals surface area (Å²) < 4.78 is 6.07. The molecule has 106 valence electrons. The van der Waals surface area contributed by atoms with Crippen LogP contribution in [0.2, 0.25) is 0 Å². The number of carboxylic acids is 1. The zero-order chi connectivity index (χ0) is 14.4. The van der Waals surface area contributed by atoms with Gasteiger partial charge in [-0.2, -0.15) is 0 Å². The summed E-state index contributed by atoms with van der Waals surface area (Å²) in [5.41, 5.74) is 5.42. The van der Waals surface area contributed by atoms with Gasteiger partial charge in [0.2, 0.25) is 5.91 Å². The second kappa shape index (κ2) is 6.81. The van der Waals surface area contributed by atoms with Crippen LogP contribution in [0.5, 0.6) is 0 Å². The number of carbonyl (C=O) groups is 2. The monoisotopic (exact) mass is 271 g/mol. The van der Waals surface area contributed by atoms with E-state index in [1.54, 1.807) is 6.92 Å². The number of nitrogens with two attached hydrogens (primary N) is 1. The van der Waals surface area contributed by atoms with Crippen molar-refractivity contribution in [2.75, 3.05) is 13.7 Å². The van der Waals surface area contributed by atoms with Gasteiger partial charge < -0.3 is 20.9 Å². The van der Waals surface area contributed by atoms with E-state index >= 15 is 0 Å². The van der Waals surface area contributed by atoms with Crippen LogP contribution >= 0.6 is 0 Å². The predicted molar refractivity (Wildman–Crippen MR) is 64.4 cm³/mol. The molecule has 0 aliphatic rings. The number of methoxy groups -OCH3 is 1. The molecule has 9 heteroatoms. The fourth-order valence-corrected chi connectivity index (χ4v) is 1.58. The summed E-state index contributed by atoms with van der Waals surface area (Å²) in [6, 6.07) is -0.152. The van der Waals surface area contributed by atoms with Crippen molar-refractivity contribution in [1.82, 2.24) is 20.3 Å². The van der Waals surface area contributed by atoms with Crippen molar-refractivity contribution in [3.63, 3.8) is 0 Å². The van der Waals surface area contributed by atoms with Crippen molar-refractivity contribution < 1.29 is 19.4 Å². The summed E-state index contributed by atoms with van der Waals surface area (Å²) in [5, 5.41) is 18.6. The lowest BCUT2D eigenvalue weighted by atomic mass is 10.3. The molecule has 9 nitrogen and oxygen atoms in total. The molecule has 4 N–H and O–H groups in total. The molecule has 0 aromatic carbocycles. The average molecular weight is 271 g/mol. The molecule has 0 bridgehead atoms. The van der Waals surface area contributed by atoms with Gasteiger partial charge in [0.15, 0.2) is 5.69 Å².